The maximum absolute atomic E-state index is 13.4. The van der Waals surface area contributed by atoms with Crippen molar-refractivity contribution in [2.24, 2.45) is 17.8 Å². The Morgan fingerprint density at radius 3 is 2.43 bits per heavy atom. The Hall–Kier alpha value is -1.61. The van der Waals surface area contributed by atoms with Crippen LogP contribution >= 0.6 is 0 Å². The van der Waals surface area contributed by atoms with Crippen LogP contribution in [0.1, 0.15) is 66.2 Å². The van der Waals surface area contributed by atoms with Crippen LogP contribution in [0.15, 0.2) is 0 Å². The standard InChI is InChI=1S/C22H38N4O2/c1-16(2)5-6-19-21(27)26(14-11-24-19)20(15-17(3)4)22(28)25-12-8-18(7-10-23)9-13-25/h16-20,24H,5-9,11-15H2,1-4H3/t19-,20-/m0/s1. The molecule has 2 fully saturated rings. The molecule has 2 aliphatic heterocycles. The lowest BCUT2D eigenvalue weighted by Crippen LogP contribution is -2.62. The third-order valence-corrected chi connectivity index (χ3v) is 6.02. The minimum atomic E-state index is -0.358. The van der Waals surface area contributed by atoms with Crippen LogP contribution < -0.4 is 5.32 Å². The molecule has 28 heavy (non-hydrogen) atoms. The molecule has 2 amide bonds. The molecular weight excluding hydrogens is 352 g/mol. The second-order valence-electron chi connectivity index (χ2n) is 9.29. The Morgan fingerprint density at radius 1 is 1.18 bits per heavy atom. The van der Waals surface area contributed by atoms with Crippen LogP contribution in [0.3, 0.4) is 0 Å². The zero-order chi connectivity index (χ0) is 20.7. The quantitative estimate of drug-likeness (QED) is 0.691. The van der Waals surface area contributed by atoms with Gasteiger partial charge in [-0.25, -0.2) is 0 Å². The molecule has 2 aliphatic rings. The average molecular weight is 391 g/mol. The van der Waals surface area contributed by atoms with Crippen molar-refractivity contribution in [2.45, 2.75) is 78.3 Å². The Bertz CT molecular complexity index is 561. The lowest BCUT2D eigenvalue weighted by atomic mass is 9.92. The molecule has 0 spiro atoms. The van der Waals surface area contributed by atoms with E-state index < -0.39 is 0 Å². The maximum atomic E-state index is 13.4. The fraction of sp³-hybridized carbons (Fsp3) is 0.864. The van der Waals surface area contributed by atoms with Gasteiger partial charge in [-0.15, -0.1) is 0 Å². The summed E-state index contributed by atoms with van der Waals surface area (Å²) < 4.78 is 0. The summed E-state index contributed by atoms with van der Waals surface area (Å²) in [7, 11) is 0. The topological polar surface area (TPSA) is 76.4 Å². The van der Waals surface area contributed by atoms with E-state index in [-0.39, 0.29) is 23.9 Å². The van der Waals surface area contributed by atoms with E-state index in [1.807, 2.05) is 9.80 Å². The normalized spacial score (nSPS) is 22.6. The van der Waals surface area contributed by atoms with E-state index in [1.54, 1.807) is 0 Å². The molecular formula is C22H38N4O2. The van der Waals surface area contributed by atoms with Gasteiger partial charge in [0.05, 0.1) is 12.1 Å². The van der Waals surface area contributed by atoms with Crippen LogP contribution in [0.4, 0.5) is 0 Å². The zero-order valence-electron chi connectivity index (χ0n) is 18.1. The summed E-state index contributed by atoms with van der Waals surface area (Å²) >= 11 is 0. The van der Waals surface area contributed by atoms with Gasteiger partial charge < -0.3 is 15.1 Å². The fourth-order valence-corrected chi connectivity index (χ4v) is 4.30. The van der Waals surface area contributed by atoms with E-state index in [1.165, 1.54) is 0 Å². The molecule has 0 bridgehead atoms. The Balaban J connectivity index is 2.06. The summed E-state index contributed by atoms with van der Waals surface area (Å²) in [5, 5.41) is 12.3. The summed E-state index contributed by atoms with van der Waals surface area (Å²) in [5.74, 6) is 1.50. The number of rotatable bonds is 8. The van der Waals surface area contributed by atoms with Crippen molar-refractivity contribution in [3.8, 4) is 6.07 Å². The number of hydrogen-bond donors (Lipinski definition) is 1. The highest BCUT2D eigenvalue weighted by atomic mass is 16.2. The summed E-state index contributed by atoms with van der Waals surface area (Å²) in [6, 6.07) is 1.72. The first-order valence-electron chi connectivity index (χ1n) is 11.0. The largest absolute Gasteiger partial charge is 0.341 e. The van der Waals surface area contributed by atoms with Crippen LogP contribution in [-0.4, -0.2) is 59.9 Å². The number of carbonyl (C=O) groups excluding carboxylic acids is 2. The van der Waals surface area contributed by atoms with Crippen molar-refractivity contribution in [2.75, 3.05) is 26.2 Å². The monoisotopic (exact) mass is 390 g/mol. The predicted molar refractivity (Wildman–Crippen MR) is 110 cm³/mol. The van der Waals surface area contributed by atoms with Crippen LogP contribution in [-0.2, 0) is 9.59 Å². The minimum absolute atomic E-state index is 0.0882. The molecule has 0 saturated carbocycles. The van der Waals surface area contributed by atoms with Crippen LogP contribution in [0.25, 0.3) is 0 Å². The van der Waals surface area contributed by atoms with Crippen molar-refractivity contribution in [3.63, 3.8) is 0 Å². The molecule has 0 aromatic carbocycles. The molecule has 0 aromatic heterocycles. The Labute approximate surface area is 170 Å². The van der Waals surface area contributed by atoms with Gasteiger partial charge in [0.1, 0.15) is 6.04 Å². The van der Waals surface area contributed by atoms with Crippen LogP contribution in [0, 0.1) is 29.1 Å². The zero-order valence-corrected chi connectivity index (χ0v) is 18.1. The Morgan fingerprint density at radius 2 is 1.86 bits per heavy atom. The maximum Gasteiger partial charge on any atom is 0.245 e. The minimum Gasteiger partial charge on any atom is -0.341 e. The SMILES string of the molecule is CC(C)CC[C@@H]1NCCN([C@@H](CC(C)C)C(=O)N2CCC(CC#N)CC2)C1=O. The number of nitriles is 1. The number of likely N-dealkylation sites (tertiary alicyclic amines) is 1. The number of carbonyl (C=O) groups is 2. The first-order chi connectivity index (χ1) is 13.3. The van der Waals surface area contributed by atoms with E-state index >= 15 is 0 Å². The Kier molecular flexibility index (Phi) is 8.75. The second kappa shape index (κ2) is 10.8. The second-order valence-corrected chi connectivity index (χ2v) is 9.29. The highest BCUT2D eigenvalue weighted by Crippen LogP contribution is 2.24. The van der Waals surface area contributed by atoms with Gasteiger partial charge in [-0.1, -0.05) is 27.7 Å². The number of amides is 2. The van der Waals surface area contributed by atoms with Gasteiger partial charge in [0.25, 0.3) is 0 Å². The number of hydrogen-bond acceptors (Lipinski definition) is 4. The third kappa shape index (κ3) is 6.20. The molecule has 2 atom stereocenters. The van der Waals surface area contributed by atoms with Crippen molar-refractivity contribution in [3.05, 3.63) is 0 Å². The lowest BCUT2D eigenvalue weighted by molar-refractivity contribution is -0.150. The van der Waals surface area contributed by atoms with Gasteiger partial charge >= 0.3 is 0 Å². The van der Waals surface area contributed by atoms with E-state index in [2.05, 4.69) is 39.1 Å². The number of nitrogens with one attached hydrogen (secondary N) is 1. The van der Waals surface area contributed by atoms with Crippen molar-refractivity contribution >= 4 is 11.8 Å². The van der Waals surface area contributed by atoms with Gasteiger partial charge in [-0.3, -0.25) is 9.59 Å². The molecule has 6 heteroatoms. The molecule has 2 heterocycles. The van der Waals surface area contributed by atoms with E-state index in [9.17, 15) is 9.59 Å². The molecule has 2 saturated heterocycles. The summed E-state index contributed by atoms with van der Waals surface area (Å²) in [6.45, 7) is 11.3. The van der Waals surface area contributed by atoms with Gasteiger partial charge in [0.15, 0.2) is 0 Å². The fourth-order valence-electron chi connectivity index (χ4n) is 4.30. The van der Waals surface area contributed by atoms with Crippen molar-refractivity contribution < 1.29 is 9.59 Å². The van der Waals surface area contributed by atoms with Gasteiger partial charge in [-0.2, -0.15) is 5.26 Å². The first-order valence-corrected chi connectivity index (χ1v) is 11.0. The predicted octanol–water partition coefficient (Wildman–Crippen LogP) is 2.79. The highest BCUT2D eigenvalue weighted by Gasteiger charge is 2.38. The molecule has 0 aromatic rings. The number of piperidine rings is 1. The first kappa shape index (κ1) is 22.7. The van der Waals surface area contributed by atoms with Gasteiger partial charge in [-0.05, 0) is 49.9 Å². The molecule has 1 N–H and O–H groups in total. The van der Waals surface area contributed by atoms with E-state index in [0.29, 0.717) is 50.2 Å². The van der Waals surface area contributed by atoms with Crippen LogP contribution in [0.5, 0.6) is 0 Å². The molecule has 0 aliphatic carbocycles. The number of piperazine rings is 1. The molecule has 0 radical (unpaired) electrons. The van der Waals surface area contributed by atoms with Gasteiger partial charge in [0.2, 0.25) is 11.8 Å². The van der Waals surface area contributed by atoms with Gasteiger partial charge in [0, 0.05) is 32.6 Å². The summed E-state index contributed by atoms with van der Waals surface area (Å²) in [5.41, 5.74) is 0. The summed E-state index contributed by atoms with van der Waals surface area (Å²) in [6.07, 6.45) is 4.90. The van der Waals surface area contributed by atoms with Crippen molar-refractivity contribution in [1.82, 2.24) is 15.1 Å². The summed E-state index contributed by atoms with van der Waals surface area (Å²) in [4.78, 5) is 30.3. The molecule has 158 valence electrons. The molecule has 0 unspecified atom stereocenters. The molecule has 2 rings (SSSR count). The highest BCUT2D eigenvalue weighted by molar-refractivity contribution is 5.90. The molecule has 6 nitrogen and oxygen atoms in total. The van der Waals surface area contributed by atoms with E-state index in [4.69, 9.17) is 5.26 Å². The smallest absolute Gasteiger partial charge is 0.245 e. The number of nitrogens with zero attached hydrogens (tertiary/aromatic N) is 3. The lowest BCUT2D eigenvalue weighted by Gasteiger charge is -2.41. The van der Waals surface area contributed by atoms with Crippen LogP contribution in [0.2, 0.25) is 0 Å². The van der Waals surface area contributed by atoms with E-state index in [0.717, 1.165) is 32.2 Å². The third-order valence-electron chi connectivity index (χ3n) is 6.02. The average Bonchev–Trinajstić information content (AvgIpc) is 2.65. The van der Waals surface area contributed by atoms with Crippen molar-refractivity contribution in [1.29, 1.82) is 5.26 Å².